The summed E-state index contributed by atoms with van der Waals surface area (Å²) in [6.45, 7) is 9.76. The number of hydrogen-bond acceptors (Lipinski definition) is 0. The van der Waals surface area contributed by atoms with Crippen molar-refractivity contribution in [1.29, 1.82) is 0 Å². The van der Waals surface area contributed by atoms with E-state index in [0.717, 1.165) is 22.7 Å². The molecule has 0 aromatic heterocycles. The van der Waals surface area contributed by atoms with Crippen molar-refractivity contribution in [2.75, 3.05) is 0 Å². The second-order valence-corrected chi connectivity index (χ2v) is 5.07. The Balaban J connectivity index is 2.30. The summed E-state index contributed by atoms with van der Waals surface area (Å²) in [5.74, 6) is 2.01. The van der Waals surface area contributed by atoms with Crippen molar-refractivity contribution >= 4 is 0 Å². The molecule has 0 aromatic carbocycles. The lowest BCUT2D eigenvalue weighted by Gasteiger charge is -2.19. The van der Waals surface area contributed by atoms with E-state index in [-0.39, 0.29) is 0 Å². The minimum absolute atomic E-state index is 0.766. The van der Waals surface area contributed by atoms with E-state index in [2.05, 4.69) is 27.7 Å². The van der Waals surface area contributed by atoms with E-state index in [0.29, 0.717) is 0 Å². The summed E-state index contributed by atoms with van der Waals surface area (Å²) in [6.07, 6.45) is 5.85. The van der Waals surface area contributed by atoms with Crippen LogP contribution in [0.3, 0.4) is 0 Å². The van der Waals surface area contributed by atoms with Crippen molar-refractivity contribution in [2.24, 2.45) is 22.7 Å². The van der Waals surface area contributed by atoms with Crippen molar-refractivity contribution < 1.29 is 0 Å². The molecule has 2 rings (SSSR count). The average Bonchev–Trinajstić information content (AvgIpc) is 2.46. The molecule has 0 aliphatic heterocycles. The fourth-order valence-corrected chi connectivity index (χ4v) is 4.85. The third-order valence-corrected chi connectivity index (χ3v) is 5.56. The topological polar surface area (TPSA) is 0 Å². The first-order chi connectivity index (χ1) is 5.65. The lowest BCUT2D eigenvalue weighted by atomic mass is 9.85. The van der Waals surface area contributed by atoms with E-state index in [1.165, 1.54) is 25.7 Å². The fourth-order valence-electron chi connectivity index (χ4n) is 4.85. The monoisotopic (exact) mass is 166 g/mol. The molecule has 0 heteroatoms. The normalized spacial score (nSPS) is 57.0. The van der Waals surface area contributed by atoms with E-state index in [9.17, 15) is 0 Å². The molecule has 2 saturated carbocycles. The van der Waals surface area contributed by atoms with Crippen LogP contribution in [-0.4, -0.2) is 0 Å². The van der Waals surface area contributed by atoms with Gasteiger partial charge in [0.25, 0.3) is 0 Å². The van der Waals surface area contributed by atoms with Crippen LogP contribution in [0.4, 0.5) is 0 Å². The zero-order chi connectivity index (χ0) is 8.98. The highest BCUT2D eigenvalue weighted by molar-refractivity contribution is 5.23. The Labute approximate surface area is 76.7 Å². The van der Waals surface area contributed by atoms with E-state index in [1.54, 1.807) is 0 Å². The molecule has 0 saturated heterocycles. The number of hydrogen-bond donors (Lipinski definition) is 0. The van der Waals surface area contributed by atoms with Gasteiger partial charge < -0.3 is 0 Å². The molecule has 0 radical (unpaired) electrons. The highest BCUT2D eigenvalue weighted by Crippen LogP contribution is 2.82. The van der Waals surface area contributed by atoms with Crippen LogP contribution in [0.1, 0.15) is 53.4 Å². The lowest BCUT2D eigenvalue weighted by Crippen LogP contribution is -2.12. The Bertz CT molecular complexity index is 196. The standard InChI is InChI=1S/C12H22/c1-5-11-8-7-9(3)12(11,6-2)10(11)4/h9-10H,5-8H2,1-4H3. The maximum Gasteiger partial charge on any atom is -0.0184 e. The van der Waals surface area contributed by atoms with Crippen molar-refractivity contribution in [1.82, 2.24) is 0 Å². The highest BCUT2D eigenvalue weighted by atomic mass is 14.8. The van der Waals surface area contributed by atoms with Crippen LogP contribution in [0.2, 0.25) is 0 Å². The Kier molecular flexibility index (Phi) is 1.63. The molecule has 12 heavy (non-hydrogen) atoms. The van der Waals surface area contributed by atoms with Crippen molar-refractivity contribution in [2.45, 2.75) is 53.4 Å². The van der Waals surface area contributed by atoms with Gasteiger partial charge in [-0.1, -0.05) is 27.7 Å². The smallest absolute Gasteiger partial charge is 0.0184 e. The van der Waals surface area contributed by atoms with Gasteiger partial charge in [0.15, 0.2) is 0 Å². The molecule has 0 N–H and O–H groups in total. The molecule has 0 nitrogen and oxygen atoms in total. The second-order valence-electron chi connectivity index (χ2n) is 5.07. The van der Waals surface area contributed by atoms with Gasteiger partial charge in [0, 0.05) is 0 Å². The lowest BCUT2D eigenvalue weighted by molar-refractivity contribution is 0.292. The van der Waals surface area contributed by atoms with E-state index < -0.39 is 0 Å². The van der Waals surface area contributed by atoms with Crippen molar-refractivity contribution in [3.63, 3.8) is 0 Å². The predicted molar refractivity (Wildman–Crippen MR) is 53.0 cm³/mol. The van der Waals surface area contributed by atoms with Crippen molar-refractivity contribution in [3.8, 4) is 0 Å². The van der Waals surface area contributed by atoms with Gasteiger partial charge in [-0.15, -0.1) is 0 Å². The van der Waals surface area contributed by atoms with Gasteiger partial charge in [0.05, 0.1) is 0 Å². The van der Waals surface area contributed by atoms with Gasteiger partial charge in [-0.25, -0.2) is 0 Å². The van der Waals surface area contributed by atoms with Crippen LogP contribution in [0.15, 0.2) is 0 Å². The van der Waals surface area contributed by atoms with E-state index in [4.69, 9.17) is 0 Å². The molecular formula is C12H22. The Morgan fingerprint density at radius 2 is 1.83 bits per heavy atom. The minimum atomic E-state index is 0.766. The summed E-state index contributed by atoms with van der Waals surface area (Å²) >= 11 is 0. The van der Waals surface area contributed by atoms with Crippen LogP contribution in [0, 0.1) is 22.7 Å². The fraction of sp³-hybridized carbons (Fsp3) is 1.00. The summed E-state index contributed by atoms with van der Waals surface area (Å²) in [7, 11) is 0. The molecule has 2 fully saturated rings. The molecule has 0 spiro atoms. The predicted octanol–water partition coefficient (Wildman–Crippen LogP) is 3.86. The maximum absolute atomic E-state index is 2.49. The summed E-state index contributed by atoms with van der Waals surface area (Å²) in [5.41, 5.74) is 1.54. The molecule has 0 bridgehead atoms. The molecule has 70 valence electrons. The van der Waals surface area contributed by atoms with Crippen LogP contribution < -0.4 is 0 Å². The third kappa shape index (κ3) is 0.592. The molecule has 0 heterocycles. The Morgan fingerprint density at radius 3 is 2.17 bits per heavy atom. The Hall–Kier alpha value is 0. The molecule has 0 aromatic rings. The van der Waals surface area contributed by atoms with Gasteiger partial charge >= 0.3 is 0 Å². The largest absolute Gasteiger partial charge is 0.0648 e. The molecule has 0 amide bonds. The molecule has 4 unspecified atom stereocenters. The molecule has 4 atom stereocenters. The summed E-state index contributed by atoms with van der Waals surface area (Å²) in [4.78, 5) is 0. The first kappa shape index (κ1) is 8.59. The SMILES string of the molecule is CCC12CCC(C)C1(CC)C2C. The first-order valence-corrected chi connectivity index (χ1v) is 5.65. The van der Waals surface area contributed by atoms with Gasteiger partial charge in [-0.05, 0) is 48.3 Å². The third-order valence-electron chi connectivity index (χ3n) is 5.56. The maximum atomic E-state index is 2.49. The number of fused-ring (bicyclic) bond motifs is 1. The molecule has 2 aliphatic rings. The summed E-state index contributed by atoms with van der Waals surface area (Å²) in [5, 5.41) is 0. The summed E-state index contributed by atoms with van der Waals surface area (Å²) < 4.78 is 0. The van der Waals surface area contributed by atoms with Crippen LogP contribution in [0.25, 0.3) is 0 Å². The van der Waals surface area contributed by atoms with Gasteiger partial charge in [0.1, 0.15) is 0 Å². The molecule has 2 aliphatic carbocycles. The average molecular weight is 166 g/mol. The second kappa shape index (κ2) is 2.27. The summed E-state index contributed by atoms with van der Waals surface area (Å²) in [6, 6.07) is 0. The van der Waals surface area contributed by atoms with Crippen LogP contribution in [0.5, 0.6) is 0 Å². The van der Waals surface area contributed by atoms with E-state index >= 15 is 0 Å². The van der Waals surface area contributed by atoms with E-state index in [1.807, 2.05) is 0 Å². The van der Waals surface area contributed by atoms with Crippen LogP contribution in [-0.2, 0) is 0 Å². The highest BCUT2D eigenvalue weighted by Gasteiger charge is 2.75. The van der Waals surface area contributed by atoms with Crippen molar-refractivity contribution in [3.05, 3.63) is 0 Å². The van der Waals surface area contributed by atoms with Gasteiger partial charge in [0.2, 0.25) is 0 Å². The van der Waals surface area contributed by atoms with Gasteiger partial charge in [-0.3, -0.25) is 0 Å². The van der Waals surface area contributed by atoms with Crippen LogP contribution >= 0.6 is 0 Å². The quantitative estimate of drug-likeness (QED) is 0.584. The zero-order valence-electron chi connectivity index (χ0n) is 8.98. The first-order valence-electron chi connectivity index (χ1n) is 5.65. The van der Waals surface area contributed by atoms with Gasteiger partial charge in [-0.2, -0.15) is 0 Å². The molecular weight excluding hydrogens is 144 g/mol. The Morgan fingerprint density at radius 1 is 1.17 bits per heavy atom. The number of rotatable bonds is 2. The zero-order valence-corrected chi connectivity index (χ0v) is 8.98. The minimum Gasteiger partial charge on any atom is -0.0648 e.